The minimum absolute atomic E-state index is 0.0000400. The van der Waals surface area contributed by atoms with Gasteiger partial charge in [0.2, 0.25) is 0 Å². The molecule has 2 rings (SSSR count). The summed E-state index contributed by atoms with van der Waals surface area (Å²) < 4.78 is 28.2. The molecule has 0 aromatic carbocycles. The van der Waals surface area contributed by atoms with Crippen LogP contribution in [0.4, 0.5) is 10.8 Å². The van der Waals surface area contributed by atoms with E-state index in [9.17, 15) is 8.42 Å². The summed E-state index contributed by atoms with van der Waals surface area (Å²) in [5, 5.41) is 0.551. The number of nitrogens with zero attached hydrogens (tertiary/aromatic N) is 3. The first-order valence-corrected chi connectivity index (χ1v) is 8.47. The lowest BCUT2D eigenvalue weighted by Crippen LogP contribution is -2.19. The molecule has 2 heterocycles. The normalized spacial score (nSPS) is 11.5. The molecule has 108 valence electrons. The van der Waals surface area contributed by atoms with Crippen LogP contribution in [0.15, 0.2) is 29.3 Å². The Morgan fingerprint density at radius 2 is 2.15 bits per heavy atom. The van der Waals surface area contributed by atoms with Crippen molar-refractivity contribution in [1.29, 1.82) is 0 Å². The van der Waals surface area contributed by atoms with Gasteiger partial charge in [0, 0.05) is 13.2 Å². The van der Waals surface area contributed by atoms with E-state index in [2.05, 4.69) is 9.36 Å². The number of nitrogens with two attached hydrogens (primary N) is 1. The maximum atomic E-state index is 12.1. The van der Waals surface area contributed by atoms with E-state index in [4.69, 9.17) is 5.73 Å². The average Bonchev–Trinajstić information content (AvgIpc) is 2.82. The Hall–Kier alpha value is -1.67. The van der Waals surface area contributed by atoms with Crippen LogP contribution in [0.2, 0.25) is 0 Å². The third-order valence-electron chi connectivity index (χ3n) is 2.82. The van der Waals surface area contributed by atoms with Crippen LogP contribution in [0, 0.1) is 0 Å². The van der Waals surface area contributed by atoms with Crippen molar-refractivity contribution < 1.29 is 8.42 Å². The third kappa shape index (κ3) is 2.91. The number of aromatic nitrogens is 2. The number of anilines is 2. The molecule has 0 amide bonds. The Bertz CT molecular complexity index is 683. The van der Waals surface area contributed by atoms with Gasteiger partial charge in [-0.25, -0.2) is 8.42 Å². The standard InChI is InChI=1S/C12H16N4O2S2/c1-3-20(17,18)10-11(13)15-19-12(10)16(2)8-9-6-4-5-7-14-9/h4-7H,3,8H2,1-2H3,(H2,13,15). The van der Waals surface area contributed by atoms with Gasteiger partial charge < -0.3 is 10.6 Å². The minimum Gasteiger partial charge on any atom is -0.382 e. The molecule has 20 heavy (non-hydrogen) atoms. The second-order valence-electron chi connectivity index (χ2n) is 4.28. The maximum Gasteiger partial charge on any atom is 0.184 e. The van der Waals surface area contributed by atoms with E-state index in [-0.39, 0.29) is 16.5 Å². The van der Waals surface area contributed by atoms with E-state index in [0.717, 1.165) is 17.2 Å². The van der Waals surface area contributed by atoms with Crippen LogP contribution in [0.25, 0.3) is 0 Å². The van der Waals surface area contributed by atoms with E-state index in [1.807, 2.05) is 18.2 Å². The smallest absolute Gasteiger partial charge is 0.184 e. The molecule has 0 saturated heterocycles. The maximum absolute atomic E-state index is 12.1. The molecule has 0 atom stereocenters. The van der Waals surface area contributed by atoms with Crippen LogP contribution in [0.5, 0.6) is 0 Å². The van der Waals surface area contributed by atoms with Crippen molar-refractivity contribution >= 4 is 32.2 Å². The second-order valence-corrected chi connectivity index (χ2v) is 7.25. The molecule has 0 aliphatic heterocycles. The lowest BCUT2D eigenvalue weighted by Gasteiger charge is -2.17. The summed E-state index contributed by atoms with van der Waals surface area (Å²) in [4.78, 5) is 6.16. The fourth-order valence-corrected chi connectivity index (χ4v) is 4.06. The molecule has 0 aliphatic rings. The molecule has 0 radical (unpaired) electrons. The van der Waals surface area contributed by atoms with Gasteiger partial charge in [-0.05, 0) is 23.7 Å². The van der Waals surface area contributed by atoms with Gasteiger partial charge in [-0.2, -0.15) is 4.37 Å². The van der Waals surface area contributed by atoms with Gasteiger partial charge in [0.25, 0.3) is 0 Å². The Morgan fingerprint density at radius 3 is 2.75 bits per heavy atom. The van der Waals surface area contributed by atoms with Gasteiger partial charge in [0.1, 0.15) is 9.90 Å². The SMILES string of the molecule is CCS(=O)(=O)c1c(N)nsc1N(C)Cc1ccccn1. The Labute approximate surface area is 122 Å². The largest absolute Gasteiger partial charge is 0.382 e. The first-order chi connectivity index (χ1) is 9.45. The first-order valence-electron chi connectivity index (χ1n) is 6.04. The van der Waals surface area contributed by atoms with E-state index in [1.165, 1.54) is 0 Å². The zero-order valence-electron chi connectivity index (χ0n) is 11.3. The Balaban J connectivity index is 2.34. The predicted octanol–water partition coefficient (Wildman–Crippen LogP) is 1.55. The number of nitrogen functional groups attached to an aromatic ring is 1. The molecule has 2 aromatic heterocycles. The van der Waals surface area contributed by atoms with Gasteiger partial charge >= 0.3 is 0 Å². The second kappa shape index (κ2) is 5.76. The van der Waals surface area contributed by atoms with Crippen LogP contribution in [0.3, 0.4) is 0 Å². The van der Waals surface area contributed by atoms with Crippen molar-refractivity contribution in [1.82, 2.24) is 9.36 Å². The highest BCUT2D eigenvalue weighted by Gasteiger charge is 2.26. The van der Waals surface area contributed by atoms with Gasteiger partial charge in [0.05, 0.1) is 18.0 Å². The molecule has 0 bridgehead atoms. The van der Waals surface area contributed by atoms with Gasteiger partial charge in [-0.1, -0.05) is 13.0 Å². The molecule has 2 aromatic rings. The van der Waals surface area contributed by atoms with Crippen molar-refractivity contribution in [2.24, 2.45) is 0 Å². The Kier molecular flexibility index (Phi) is 4.24. The molecule has 0 fully saturated rings. The lowest BCUT2D eigenvalue weighted by atomic mass is 10.3. The van der Waals surface area contributed by atoms with Crippen LogP contribution in [-0.4, -0.2) is 30.6 Å². The van der Waals surface area contributed by atoms with Crippen molar-refractivity contribution in [3.05, 3.63) is 30.1 Å². The van der Waals surface area contributed by atoms with Crippen molar-refractivity contribution in [2.75, 3.05) is 23.4 Å². The lowest BCUT2D eigenvalue weighted by molar-refractivity contribution is 0.597. The van der Waals surface area contributed by atoms with Crippen molar-refractivity contribution in [3.63, 3.8) is 0 Å². The summed E-state index contributed by atoms with van der Waals surface area (Å²) in [5.41, 5.74) is 6.56. The third-order valence-corrected chi connectivity index (χ3v) is 5.71. The number of pyridine rings is 1. The highest BCUT2D eigenvalue weighted by atomic mass is 32.2. The van der Waals surface area contributed by atoms with Crippen LogP contribution < -0.4 is 10.6 Å². The highest BCUT2D eigenvalue weighted by molar-refractivity contribution is 7.91. The Morgan fingerprint density at radius 1 is 1.40 bits per heavy atom. The summed E-state index contributed by atoms with van der Waals surface area (Å²) >= 11 is 1.09. The van der Waals surface area contributed by atoms with E-state index in [0.29, 0.717) is 11.5 Å². The van der Waals surface area contributed by atoms with Gasteiger partial charge in [0.15, 0.2) is 15.7 Å². The highest BCUT2D eigenvalue weighted by Crippen LogP contribution is 2.35. The minimum atomic E-state index is -3.39. The summed E-state index contributed by atoms with van der Waals surface area (Å²) in [6, 6.07) is 5.61. The van der Waals surface area contributed by atoms with Crippen LogP contribution in [0.1, 0.15) is 12.6 Å². The van der Waals surface area contributed by atoms with Crippen LogP contribution >= 0.6 is 11.5 Å². The molecule has 0 saturated carbocycles. The van der Waals surface area contributed by atoms with Gasteiger partial charge in [-0.3, -0.25) is 4.98 Å². The molecule has 0 unspecified atom stereocenters. The van der Waals surface area contributed by atoms with E-state index >= 15 is 0 Å². The number of sulfone groups is 1. The molecular weight excluding hydrogens is 296 g/mol. The quantitative estimate of drug-likeness (QED) is 0.901. The molecular formula is C12H16N4O2S2. The van der Waals surface area contributed by atoms with Gasteiger partial charge in [-0.15, -0.1) is 0 Å². The molecule has 2 N–H and O–H groups in total. The number of rotatable bonds is 5. The zero-order valence-corrected chi connectivity index (χ0v) is 12.9. The zero-order chi connectivity index (χ0) is 14.8. The molecule has 6 nitrogen and oxygen atoms in total. The summed E-state index contributed by atoms with van der Waals surface area (Å²) in [6.07, 6.45) is 1.70. The molecule has 0 spiro atoms. The fraction of sp³-hybridized carbons (Fsp3) is 0.333. The number of hydrogen-bond acceptors (Lipinski definition) is 7. The fourth-order valence-electron chi connectivity index (χ4n) is 1.77. The first kappa shape index (κ1) is 14.7. The molecule has 8 heteroatoms. The van der Waals surface area contributed by atoms with E-state index < -0.39 is 9.84 Å². The summed E-state index contributed by atoms with van der Waals surface area (Å²) in [7, 11) is -1.59. The predicted molar refractivity (Wildman–Crippen MR) is 80.6 cm³/mol. The average molecular weight is 312 g/mol. The van der Waals surface area contributed by atoms with Crippen molar-refractivity contribution in [3.8, 4) is 0 Å². The van der Waals surface area contributed by atoms with Crippen LogP contribution in [-0.2, 0) is 16.4 Å². The van der Waals surface area contributed by atoms with E-state index in [1.54, 1.807) is 25.1 Å². The van der Waals surface area contributed by atoms with Crippen molar-refractivity contribution in [2.45, 2.75) is 18.4 Å². The number of hydrogen-bond donors (Lipinski definition) is 1. The summed E-state index contributed by atoms with van der Waals surface area (Å²) in [5.74, 6) is 0.0692. The summed E-state index contributed by atoms with van der Waals surface area (Å²) in [6.45, 7) is 2.09. The molecule has 0 aliphatic carbocycles. The topological polar surface area (TPSA) is 89.2 Å². The monoisotopic (exact) mass is 312 g/mol.